The predicted molar refractivity (Wildman–Crippen MR) is 103 cm³/mol. The molecule has 1 aliphatic rings. The fraction of sp³-hybridized carbons (Fsp3) is 0.286. The molecule has 0 unspecified atom stereocenters. The molecule has 0 atom stereocenters. The van der Waals surface area contributed by atoms with Gasteiger partial charge in [-0.25, -0.2) is 4.79 Å². The third-order valence-electron chi connectivity index (χ3n) is 4.16. The van der Waals surface area contributed by atoms with Crippen molar-refractivity contribution in [2.75, 3.05) is 37.7 Å². The van der Waals surface area contributed by atoms with E-state index in [4.69, 9.17) is 9.47 Å². The first kappa shape index (κ1) is 18.0. The van der Waals surface area contributed by atoms with Crippen molar-refractivity contribution in [3.05, 3.63) is 71.8 Å². The summed E-state index contributed by atoms with van der Waals surface area (Å²) in [6.07, 6.45) is 3.55. The number of nitrogens with zero attached hydrogens (tertiary/aromatic N) is 1. The molecule has 3 rings (SSSR count). The number of carbonyl (C=O) groups excluding carboxylic acids is 1. The van der Waals surface area contributed by atoms with Gasteiger partial charge in [0.1, 0.15) is 6.61 Å². The molecule has 0 radical (unpaired) electrons. The lowest BCUT2D eigenvalue weighted by Crippen LogP contribution is -2.36. The van der Waals surface area contributed by atoms with Crippen LogP contribution in [0.4, 0.5) is 10.5 Å². The molecule has 1 N–H and O–H groups in total. The zero-order valence-electron chi connectivity index (χ0n) is 14.8. The van der Waals surface area contributed by atoms with Crippen molar-refractivity contribution in [1.82, 2.24) is 5.32 Å². The Morgan fingerprint density at radius 2 is 1.81 bits per heavy atom. The Kier molecular flexibility index (Phi) is 6.67. The molecule has 1 saturated heterocycles. The van der Waals surface area contributed by atoms with Gasteiger partial charge in [-0.2, -0.15) is 0 Å². The fourth-order valence-corrected chi connectivity index (χ4v) is 2.82. The number of nitrogens with one attached hydrogen (secondary N) is 1. The Bertz CT molecular complexity index is 725. The molecule has 1 fully saturated rings. The Hall–Kier alpha value is -2.79. The third kappa shape index (κ3) is 5.36. The summed E-state index contributed by atoms with van der Waals surface area (Å²) in [5, 5.41) is 2.74. The number of morpholine rings is 1. The molecule has 1 amide bonds. The zero-order valence-corrected chi connectivity index (χ0v) is 14.8. The van der Waals surface area contributed by atoms with Crippen LogP contribution in [0.15, 0.2) is 60.7 Å². The monoisotopic (exact) mass is 352 g/mol. The highest BCUT2D eigenvalue weighted by atomic mass is 16.5. The Morgan fingerprint density at radius 1 is 1.08 bits per heavy atom. The van der Waals surface area contributed by atoms with E-state index in [1.54, 1.807) is 0 Å². The van der Waals surface area contributed by atoms with Gasteiger partial charge in [0.2, 0.25) is 0 Å². The Balaban J connectivity index is 1.47. The van der Waals surface area contributed by atoms with Gasteiger partial charge in [-0.3, -0.25) is 0 Å². The van der Waals surface area contributed by atoms with Crippen LogP contribution in [0.5, 0.6) is 0 Å². The lowest BCUT2D eigenvalue weighted by Gasteiger charge is -2.30. The van der Waals surface area contributed by atoms with Crippen LogP contribution in [-0.4, -0.2) is 38.9 Å². The Morgan fingerprint density at radius 3 is 2.62 bits per heavy atom. The van der Waals surface area contributed by atoms with E-state index < -0.39 is 6.09 Å². The molecule has 0 aromatic heterocycles. The van der Waals surface area contributed by atoms with Gasteiger partial charge >= 0.3 is 6.09 Å². The zero-order chi connectivity index (χ0) is 18.0. The maximum absolute atomic E-state index is 11.8. The van der Waals surface area contributed by atoms with Crippen molar-refractivity contribution in [3.63, 3.8) is 0 Å². The summed E-state index contributed by atoms with van der Waals surface area (Å²) < 4.78 is 10.6. The number of carbonyl (C=O) groups is 1. The highest BCUT2D eigenvalue weighted by Gasteiger charge is 2.12. The summed E-state index contributed by atoms with van der Waals surface area (Å²) in [5.74, 6) is 0. The second-order valence-corrected chi connectivity index (χ2v) is 6.00. The summed E-state index contributed by atoms with van der Waals surface area (Å²) in [7, 11) is 0. The number of ether oxygens (including phenoxy) is 2. The van der Waals surface area contributed by atoms with Crippen LogP contribution in [0.25, 0.3) is 6.08 Å². The molecule has 5 heteroatoms. The number of alkyl carbamates (subject to hydrolysis) is 1. The van der Waals surface area contributed by atoms with Crippen LogP contribution in [-0.2, 0) is 16.1 Å². The van der Waals surface area contributed by atoms with E-state index in [2.05, 4.69) is 22.3 Å². The normalized spacial score (nSPS) is 14.4. The van der Waals surface area contributed by atoms with Crippen LogP contribution in [0.2, 0.25) is 0 Å². The number of hydrogen-bond acceptors (Lipinski definition) is 4. The van der Waals surface area contributed by atoms with Crippen molar-refractivity contribution < 1.29 is 14.3 Å². The van der Waals surface area contributed by atoms with Crippen LogP contribution in [0.3, 0.4) is 0 Å². The van der Waals surface area contributed by atoms with Gasteiger partial charge < -0.3 is 19.7 Å². The summed E-state index contributed by atoms with van der Waals surface area (Å²) in [5.41, 5.74) is 3.30. The van der Waals surface area contributed by atoms with Crippen molar-refractivity contribution in [2.45, 2.75) is 6.61 Å². The first-order chi connectivity index (χ1) is 12.8. The van der Waals surface area contributed by atoms with E-state index in [0.717, 1.165) is 37.4 Å². The van der Waals surface area contributed by atoms with Crippen LogP contribution in [0, 0.1) is 0 Å². The molecule has 26 heavy (non-hydrogen) atoms. The lowest BCUT2D eigenvalue weighted by atomic mass is 10.1. The van der Waals surface area contributed by atoms with Crippen molar-refractivity contribution >= 4 is 17.9 Å². The summed E-state index contributed by atoms with van der Waals surface area (Å²) in [6, 6.07) is 17.9. The van der Waals surface area contributed by atoms with Crippen LogP contribution in [0.1, 0.15) is 11.1 Å². The van der Waals surface area contributed by atoms with E-state index in [0.29, 0.717) is 6.54 Å². The Labute approximate surface area is 154 Å². The highest BCUT2D eigenvalue weighted by molar-refractivity contribution is 5.69. The summed E-state index contributed by atoms with van der Waals surface area (Å²) >= 11 is 0. The van der Waals surface area contributed by atoms with Crippen LogP contribution < -0.4 is 10.2 Å². The predicted octanol–water partition coefficient (Wildman–Crippen LogP) is 3.46. The highest BCUT2D eigenvalue weighted by Crippen LogP contribution is 2.22. The largest absolute Gasteiger partial charge is 0.445 e. The molecule has 1 heterocycles. The number of benzene rings is 2. The number of amides is 1. The van der Waals surface area contributed by atoms with Crippen LogP contribution >= 0.6 is 0 Å². The third-order valence-corrected chi connectivity index (χ3v) is 4.16. The van der Waals surface area contributed by atoms with E-state index in [9.17, 15) is 4.79 Å². The average molecular weight is 352 g/mol. The standard InChI is InChI=1S/C21H24N2O3/c24-21(26-17-18-7-2-1-3-8-18)22-12-6-10-19-9-4-5-11-20(19)23-13-15-25-16-14-23/h1-11H,12-17H2,(H,22,24). The summed E-state index contributed by atoms with van der Waals surface area (Å²) in [4.78, 5) is 14.1. The maximum atomic E-state index is 11.8. The number of rotatable bonds is 6. The van der Waals surface area contributed by atoms with Gasteiger partial charge in [-0.05, 0) is 17.2 Å². The number of para-hydroxylation sites is 1. The number of hydrogen-bond donors (Lipinski definition) is 1. The smallest absolute Gasteiger partial charge is 0.407 e. The molecule has 136 valence electrons. The fourth-order valence-electron chi connectivity index (χ4n) is 2.82. The van der Waals surface area contributed by atoms with E-state index in [1.165, 1.54) is 5.69 Å². The lowest BCUT2D eigenvalue weighted by molar-refractivity contribution is 0.122. The van der Waals surface area contributed by atoms with Crippen molar-refractivity contribution in [1.29, 1.82) is 0 Å². The van der Waals surface area contributed by atoms with Gasteiger partial charge in [-0.15, -0.1) is 0 Å². The number of anilines is 1. The first-order valence-corrected chi connectivity index (χ1v) is 8.86. The molecule has 1 aliphatic heterocycles. The minimum Gasteiger partial charge on any atom is -0.445 e. The van der Waals surface area contributed by atoms with Gasteiger partial charge in [0.25, 0.3) is 0 Å². The van der Waals surface area contributed by atoms with Gasteiger partial charge in [-0.1, -0.05) is 60.7 Å². The molecular formula is C21H24N2O3. The van der Waals surface area contributed by atoms with Gasteiger partial charge in [0, 0.05) is 25.3 Å². The SMILES string of the molecule is O=C(NCC=Cc1ccccc1N1CCOCC1)OCc1ccccc1. The average Bonchev–Trinajstić information content (AvgIpc) is 2.71. The molecule has 0 saturated carbocycles. The minimum absolute atomic E-state index is 0.274. The van der Waals surface area contributed by atoms with Crippen molar-refractivity contribution in [3.8, 4) is 0 Å². The summed E-state index contributed by atoms with van der Waals surface area (Å²) in [6.45, 7) is 4.00. The quantitative estimate of drug-likeness (QED) is 0.865. The topological polar surface area (TPSA) is 50.8 Å². The van der Waals surface area contributed by atoms with Crippen molar-refractivity contribution in [2.24, 2.45) is 0 Å². The van der Waals surface area contributed by atoms with E-state index >= 15 is 0 Å². The molecular weight excluding hydrogens is 328 g/mol. The minimum atomic E-state index is -0.417. The second kappa shape index (κ2) is 9.63. The molecule has 0 aliphatic carbocycles. The first-order valence-electron chi connectivity index (χ1n) is 8.86. The van der Waals surface area contributed by atoms with Gasteiger partial charge in [0.15, 0.2) is 0 Å². The van der Waals surface area contributed by atoms with Gasteiger partial charge in [0.05, 0.1) is 13.2 Å². The molecule has 2 aromatic rings. The molecule has 2 aromatic carbocycles. The second-order valence-electron chi connectivity index (χ2n) is 6.00. The maximum Gasteiger partial charge on any atom is 0.407 e. The molecule has 0 bridgehead atoms. The molecule has 0 spiro atoms. The van der Waals surface area contributed by atoms with E-state index in [-0.39, 0.29) is 6.61 Å². The van der Waals surface area contributed by atoms with E-state index in [1.807, 2.05) is 54.6 Å². The molecule has 5 nitrogen and oxygen atoms in total.